The minimum Gasteiger partial charge on any atom is -0.504 e. The summed E-state index contributed by atoms with van der Waals surface area (Å²) in [4.78, 5) is 19.7. The van der Waals surface area contributed by atoms with Crippen LogP contribution in [0.1, 0.15) is 31.4 Å². The third-order valence-corrected chi connectivity index (χ3v) is 4.00. The highest BCUT2D eigenvalue weighted by Crippen LogP contribution is 2.38. The molecular formula is C19H20N2O5. The molecule has 2 aromatic heterocycles. The standard InChI is InChI=1S/C19H20N2O5/c1-9(2)19-20-15(11-5-6-12(22)14(8-11)25-4)16(21-19)18-17(24)13(23)7-10(3)26-18/h5-9,22,24H,1-4H3,(H,20,21). The van der Waals surface area contributed by atoms with Crippen LogP contribution in [0.25, 0.3) is 22.7 Å². The van der Waals surface area contributed by atoms with Crippen LogP contribution >= 0.6 is 0 Å². The number of nitrogens with one attached hydrogen (secondary N) is 1. The highest BCUT2D eigenvalue weighted by Gasteiger charge is 2.22. The molecule has 0 saturated heterocycles. The fourth-order valence-electron chi connectivity index (χ4n) is 2.64. The van der Waals surface area contributed by atoms with Crippen molar-refractivity contribution in [2.45, 2.75) is 26.7 Å². The van der Waals surface area contributed by atoms with E-state index in [9.17, 15) is 15.0 Å². The van der Waals surface area contributed by atoms with Crippen LogP contribution in [0.3, 0.4) is 0 Å². The van der Waals surface area contributed by atoms with Crippen molar-refractivity contribution in [1.29, 1.82) is 0 Å². The summed E-state index contributed by atoms with van der Waals surface area (Å²) in [5, 5.41) is 20.0. The first-order chi connectivity index (χ1) is 12.3. The number of aromatic nitrogens is 2. The third kappa shape index (κ3) is 3.03. The number of phenolic OH excluding ortho intramolecular Hbond substituents is 1. The number of ether oxygens (including phenoxy) is 1. The first-order valence-corrected chi connectivity index (χ1v) is 8.13. The maximum absolute atomic E-state index is 12.0. The van der Waals surface area contributed by atoms with Crippen LogP contribution in [0, 0.1) is 6.92 Å². The minimum atomic E-state index is -0.529. The van der Waals surface area contributed by atoms with Crippen LogP contribution in [-0.4, -0.2) is 27.3 Å². The van der Waals surface area contributed by atoms with E-state index >= 15 is 0 Å². The van der Waals surface area contributed by atoms with E-state index in [1.165, 1.54) is 19.2 Å². The van der Waals surface area contributed by atoms with E-state index in [0.29, 0.717) is 28.5 Å². The molecule has 7 nitrogen and oxygen atoms in total. The Balaban J connectivity index is 2.29. The maximum atomic E-state index is 12.0. The first-order valence-electron chi connectivity index (χ1n) is 8.13. The van der Waals surface area contributed by atoms with Crippen molar-refractivity contribution in [2.24, 2.45) is 0 Å². The number of nitrogens with zero attached hydrogens (tertiary/aromatic N) is 1. The van der Waals surface area contributed by atoms with Gasteiger partial charge in [-0.1, -0.05) is 13.8 Å². The number of rotatable bonds is 4. The molecule has 136 valence electrons. The molecule has 3 N–H and O–H groups in total. The van der Waals surface area contributed by atoms with Crippen LogP contribution in [0.15, 0.2) is 33.5 Å². The van der Waals surface area contributed by atoms with Gasteiger partial charge in [-0.25, -0.2) is 4.98 Å². The molecule has 0 amide bonds. The van der Waals surface area contributed by atoms with Crippen molar-refractivity contribution >= 4 is 0 Å². The van der Waals surface area contributed by atoms with E-state index in [1.807, 2.05) is 13.8 Å². The lowest BCUT2D eigenvalue weighted by atomic mass is 10.1. The summed E-state index contributed by atoms with van der Waals surface area (Å²) in [5.74, 6) is 0.960. The molecule has 0 aliphatic rings. The second-order valence-electron chi connectivity index (χ2n) is 6.29. The summed E-state index contributed by atoms with van der Waals surface area (Å²) in [6, 6.07) is 6.02. The third-order valence-electron chi connectivity index (χ3n) is 4.00. The van der Waals surface area contributed by atoms with E-state index in [0.717, 1.165) is 0 Å². The SMILES string of the molecule is COc1cc(-c2nc(C(C)C)[nH]c2-c2oc(C)cc(=O)c2O)ccc1O. The molecule has 3 rings (SSSR count). The number of aromatic hydroxyl groups is 2. The lowest BCUT2D eigenvalue weighted by molar-refractivity contribution is 0.373. The Morgan fingerprint density at radius 1 is 1.23 bits per heavy atom. The molecule has 2 heterocycles. The molecule has 0 radical (unpaired) electrons. The summed E-state index contributed by atoms with van der Waals surface area (Å²) in [5.41, 5.74) is 0.982. The van der Waals surface area contributed by atoms with Crippen LogP contribution < -0.4 is 10.2 Å². The predicted molar refractivity (Wildman–Crippen MR) is 96.7 cm³/mol. The molecule has 0 aliphatic carbocycles. The highest BCUT2D eigenvalue weighted by atomic mass is 16.5. The first kappa shape index (κ1) is 17.6. The van der Waals surface area contributed by atoms with Gasteiger partial charge in [-0.3, -0.25) is 4.79 Å². The van der Waals surface area contributed by atoms with Crippen molar-refractivity contribution in [3.05, 3.63) is 46.1 Å². The lowest BCUT2D eigenvalue weighted by Crippen LogP contribution is -2.01. The molecule has 3 aromatic rings. The number of phenols is 1. The Kier molecular flexibility index (Phi) is 4.46. The van der Waals surface area contributed by atoms with Crippen molar-refractivity contribution in [3.63, 3.8) is 0 Å². The normalized spacial score (nSPS) is 11.1. The average molecular weight is 356 g/mol. The van der Waals surface area contributed by atoms with Gasteiger partial charge in [-0.2, -0.15) is 0 Å². The maximum Gasteiger partial charge on any atom is 0.227 e. The van der Waals surface area contributed by atoms with Gasteiger partial charge in [0.1, 0.15) is 17.3 Å². The summed E-state index contributed by atoms with van der Waals surface area (Å²) in [6.45, 7) is 5.57. The van der Waals surface area contributed by atoms with Gasteiger partial charge in [0.2, 0.25) is 11.2 Å². The van der Waals surface area contributed by atoms with Gasteiger partial charge in [0.15, 0.2) is 17.3 Å². The summed E-state index contributed by atoms with van der Waals surface area (Å²) in [7, 11) is 1.45. The summed E-state index contributed by atoms with van der Waals surface area (Å²) in [6.07, 6.45) is 0. The zero-order valence-corrected chi connectivity index (χ0v) is 15.0. The molecule has 0 spiro atoms. The zero-order chi connectivity index (χ0) is 19.0. The number of hydrogen-bond donors (Lipinski definition) is 3. The molecule has 26 heavy (non-hydrogen) atoms. The minimum absolute atomic E-state index is 0.00218. The number of benzene rings is 1. The number of H-pyrrole nitrogens is 1. The van der Waals surface area contributed by atoms with E-state index in [4.69, 9.17) is 9.15 Å². The molecule has 0 unspecified atom stereocenters. The van der Waals surface area contributed by atoms with Crippen molar-refractivity contribution in [3.8, 4) is 40.0 Å². The Labute approximate surface area is 149 Å². The Hall–Kier alpha value is -3.22. The molecule has 0 bridgehead atoms. The van der Waals surface area contributed by atoms with Gasteiger partial charge >= 0.3 is 0 Å². The van der Waals surface area contributed by atoms with Gasteiger partial charge in [-0.05, 0) is 25.1 Å². The molecule has 0 atom stereocenters. The molecule has 0 saturated carbocycles. The molecule has 0 aliphatic heterocycles. The Morgan fingerprint density at radius 3 is 2.62 bits per heavy atom. The van der Waals surface area contributed by atoms with Crippen LogP contribution in [0.2, 0.25) is 0 Å². The Bertz CT molecular complexity index is 1020. The average Bonchev–Trinajstić information content (AvgIpc) is 3.04. The summed E-state index contributed by atoms with van der Waals surface area (Å²) >= 11 is 0. The zero-order valence-electron chi connectivity index (χ0n) is 15.0. The Morgan fingerprint density at radius 2 is 1.96 bits per heavy atom. The van der Waals surface area contributed by atoms with Crippen molar-refractivity contribution in [2.75, 3.05) is 7.11 Å². The van der Waals surface area contributed by atoms with Gasteiger partial charge in [0.25, 0.3) is 0 Å². The second-order valence-corrected chi connectivity index (χ2v) is 6.29. The van der Waals surface area contributed by atoms with Crippen LogP contribution in [-0.2, 0) is 0 Å². The number of aryl methyl sites for hydroxylation is 1. The number of aromatic amines is 1. The monoisotopic (exact) mass is 356 g/mol. The van der Waals surface area contributed by atoms with Crippen molar-refractivity contribution < 1.29 is 19.4 Å². The van der Waals surface area contributed by atoms with Gasteiger partial charge in [0.05, 0.1) is 12.8 Å². The van der Waals surface area contributed by atoms with Gasteiger partial charge < -0.3 is 24.4 Å². The van der Waals surface area contributed by atoms with Gasteiger partial charge in [-0.15, -0.1) is 0 Å². The van der Waals surface area contributed by atoms with Crippen LogP contribution in [0.4, 0.5) is 0 Å². The largest absolute Gasteiger partial charge is 0.504 e. The lowest BCUT2D eigenvalue weighted by Gasteiger charge is -2.08. The summed E-state index contributed by atoms with van der Waals surface area (Å²) < 4.78 is 10.8. The topological polar surface area (TPSA) is 109 Å². The van der Waals surface area contributed by atoms with E-state index in [-0.39, 0.29) is 23.2 Å². The van der Waals surface area contributed by atoms with Crippen molar-refractivity contribution in [1.82, 2.24) is 9.97 Å². The molecular weight excluding hydrogens is 336 g/mol. The van der Waals surface area contributed by atoms with Crippen LogP contribution in [0.5, 0.6) is 17.2 Å². The predicted octanol–water partition coefficient (Wildman–Crippen LogP) is 3.55. The number of methoxy groups -OCH3 is 1. The van der Waals surface area contributed by atoms with Gasteiger partial charge in [0, 0.05) is 17.5 Å². The van der Waals surface area contributed by atoms with E-state index < -0.39 is 11.2 Å². The quantitative estimate of drug-likeness (QED) is 0.660. The smallest absolute Gasteiger partial charge is 0.227 e. The molecule has 1 aromatic carbocycles. The fourth-order valence-corrected chi connectivity index (χ4v) is 2.64. The number of hydrogen-bond acceptors (Lipinski definition) is 6. The fraction of sp³-hybridized carbons (Fsp3) is 0.263. The highest BCUT2D eigenvalue weighted by molar-refractivity contribution is 5.79. The van der Waals surface area contributed by atoms with E-state index in [2.05, 4.69) is 9.97 Å². The number of imidazole rings is 1. The molecule has 0 fully saturated rings. The second kappa shape index (κ2) is 6.59. The van der Waals surface area contributed by atoms with E-state index in [1.54, 1.807) is 19.1 Å². The molecule has 7 heteroatoms.